The fraction of sp³-hybridized carbons (Fsp3) is 0.150. The zero-order chi connectivity index (χ0) is 19.7. The van der Waals surface area contributed by atoms with Crippen molar-refractivity contribution in [1.82, 2.24) is 9.55 Å². The summed E-state index contributed by atoms with van der Waals surface area (Å²) in [4.78, 5) is 31.1. The third kappa shape index (κ3) is 4.08. The molecule has 28 heavy (non-hydrogen) atoms. The van der Waals surface area contributed by atoms with E-state index in [1.54, 1.807) is 40.6 Å². The lowest BCUT2D eigenvalue weighted by Gasteiger charge is -2.13. The Balaban J connectivity index is 1.68. The second-order valence-electron chi connectivity index (χ2n) is 6.10. The number of benzene rings is 2. The molecule has 142 valence electrons. The molecule has 1 aromatic heterocycles. The van der Waals surface area contributed by atoms with Gasteiger partial charge in [0.25, 0.3) is 5.56 Å². The SMILES string of the molecule is O=C(CSc1nc2c(c(=O)n1-c1ccc(Br)cc1)SCC2)c1ccc(Cl)cc1. The first kappa shape index (κ1) is 19.8. The summed E-state index contributed by atoms with van der Waals surface area (Å²) in [6.45, 7) is 0. The lowest BCUT2D eigenvalue weighted by Crippen LogP contribution is -2.24. The molecule has 0 unspecified atom stereocenters. The van der Waals surface area contributed by atoms with Gasteiger partial charge in [0.1, 0.15) is 0 Å². The molecule has 2 heterocycles. The number of hydrogen-bond donors (Lipinski definition) is 0. The maximum Gasteiger partial charge on any atom is 0.272 e. The molecular weight excluding hydrogens is 480 g/mol. The average Bonchev–Trinajstić information content (AvgIpc) is 3.17. The number of rotatable bonds is 5. The van der Waals surface area contributed by atoms with Gasteiger partial charge in [-0.2, -0.15) is 0 Å². The maximum atomic E-state index is 13.1. The molecule has 0 spiro atoms. The quantitative estimate of drug-likeness (QED) is 0.275. The number of thioether (sulfide) groups is 2. The Morgan fingerprint density at radius 1 is 1.18 bits per heavy atom. The minimum atomic E-state index is -0.0729. The molecule has 8 heteroatoms. The summed E-state index contributed by atoms with van der Waals surface area (Å²) in [6.07, 6.45) is 0.773. The van der Waals surface area contributed by atoms with Crippen LogP contribution in [0.15, 0.2) is 67.9 Å². The molecule has 4 rings (SSSR count). The van der Waals surface area contributed by atoms with Gasteiger partial charge in [0, 0.05) is 27.2 Å². The van der Waals surface area contributed by atoms with Gasteiger partial charge in [-0.05, 0) is 48.5 Å². The van der Waals surface area contributed by atoms with Crippen LogP contribution in [0.4, 0.5) is 0 Å². The van der Waals surface area contributed by atoms with Crippen LogP contribution < -0.4 is 5.56 Å². The van der Waals surface area contributed by atoms with Gasteiger partial charge in [-0.25, -0.2) is 4.98 Å². The van der Waals surface area contributed by atoms with Crippen LogP contribution in [0.25, 0.3) is 5.69 Å². The zero-order valence-corrected chi connectivity index (χ0v) is 18.5. The van der Waals surface area contributed by atoms with E-state index in [-0.39, 0.29) is 17.1 Å². The van der Waals surface area contributed by atoms with Crippen molar-refractivity contribution < 1.29 is 4.79 Å². The molecule has 0 radical (unpaired) electrons. The minimum Gasteiger partial charge on any atom is -0.293 e. The summed E-state index contributed by atoms with van der Waals surface area (Å²) in [5, 5.41) is 1.13. The van der Waals surface area contributed by atoms with Crippen LogP contribution in [0.3, 0.4) is 0 Å². The number of carbonyl (C=O) groups is 1. The summed E-state index contributed by atoms with van der Waals surface area (Å²) < 4.78 is 2.53. The van der Waals surface area contributed by atoms with E-state index >= 15 is 0 Å². The monoisotopic (exact) mass is 492 g/mol. The summed E-state index contributed by atoms with van der Waals surface area (Å²) in [5.74, 6) is 1.01. The number of nitrogens with zero attached hydrogens (tertiary/aromatic N) is 2. The first-order valence-electron chi connectivity index (χ1n) is 8.49. The number of halogens is 2. The van der Waals surface area contributed by atoms with Crippen molar-refractivity contribution in [3.05, 3.63) is 79.6 Å². The summed E-state index contributed by atoms with van der Waals surface area (Å²) >= 11 is 12.1. The normalized spacial score (nSPS) is 12.8. The second kappa shape index (κ2) is 8.45. The zero-order valence-electron chi connectivity index (χ0n) is 14.5. The molecule has 0 saturated carbocycles. The van der Waals surface area contributed by atoms with E-state index in [0.29, 0.717) is 20.6 Å². The predicted molar refractivity (Wildman–Crippen MR) is 118 cm³/mol. The van der Waals surface area contributed by atoms with Gasteiger partial charge < -0.3 is 0 Å². The van der Waals surface area contributed by atoms with Gasteiger partial charge in [-0.3, -0.25) is 14.2 Å². The number of aryl methyl sites for hydroxylation is 1. The average molecular weight is 494 g/mol. The van der Waals surface area contributed by atoms with E-state index in [2.05, 4.69) is 15.9 Å². The lowest BCUT2D eigenvalue weighted by atomic mass is 10.1. The van der Waals surface area contributed by atoms with Crippen molar-refractivity contribution in [2.75, 3.05) is 11.5 Å². The van der Waals surface area contributed by atoms with Gasteiger partial charge in [-0.1, -0.05) is 39.3 Å². The van der Waals surface area contributed by atoms with E-state index in [1.807, 2.05) is 24.3 Å². The third-order valence-corrected chi connectivity index (χ3v) is 7.08. The van der Waals surface area contributed by atoms with E-state index in [4.69, 9.17) is 16.6 Å². The molecule has 0 bridgehead atoms. The van der Waals surface area contributed by atoms with Crippen LogP contribution in [0, 0.1) is 0 Å². The standard InChI is InChI=1S/C20H14BrClN2O2S2/c21-13-3-7-15(8-4-13)24-19(26)18-16(9-10-27-18)23-20(24)28-11-17(25)12-1-5-14(22)6-2-12/h1-8H,9-11H2. The third-order valence-electron chi connectivity index (χ3n) is 4.25. The molecule has 0 fully saturated rings. The van der Waals surface area contributed by atoms with Gasteiger partial charge in [-0.15, -0.1) is 11.8 Å². The molecule has 0 amide bonds. The first-order valence-corrected chi connectivity index (χ1v) is 11.6. The Morgan fingerprint density at radius 2 is 1.89 bits per heavy atom. The van der Waals surface area contributed by atoms with Gasteiger partial charge in [0.05, 0.1) is 22.0 Å². The molecule has 3 aromatic rings. The number of Topliss-reactive ketones (excluding diaryl/α,β-unsaturated/α-hetero) is 1. The lowest BCUT2D eigenvalue weighted by molar-refractivity contribution is 0.102. The van der Waals surface area contributed by atoms with Crippen LogP contribution in [0.1, 0.15) is 16.1 Å². The summed E-state index contributed by atoms with van der Waals surface area (Å²) in [6, 6.07) is 14.3. The molecule has 0 aliphatic carbocycles. The first-order chi connectivity index (χ1) is 13.5. The van der Waals surface area contributed by atoms with Gasteiger partial charge in [0.2, 0.25) is 0 Å². The number of fused-ring (bicyclic) bond motifs is 1. The highest BCUT2D eigenvalue weighted by Gasteiger charge is 2.23. The van der Waals surface area contributed by atoms with Crippen LogP contribution >= 0.6 is 51.1 Å². The molecule has 1 aliphatic heterocycles. The number of ketones is 1. The van der Waals surface area contributed by atoms with E-state index in [9.17, 15) is 9.59 Å². The largest absolute Gasteiger partial charge is 0.293 e. The van der Waals surface area contributed by atoms with Crippen LogP contribution in [-0.4, -0.2) is 26.8 Å². The minimum absolute atomic E-state index is 0.0341. The molecule has 0 N–H and O–H groups in total. The van der Waals surface area contributed by atoms with Crippen molar-refractivity contribution in [1.29, 1.82) is 0 Å². The highest BCUT2D eigenvalue weighted by molar-refractivity contribution is 9.10. The van der Waals surface area contributed by atoms with E-state index < -0.39 is 0 Å². The van der Waals surface area contributed by atoms with E-state index in [0.717, 1.165) is 28.0 Å². The van der Waals surface area contributed by atoms with Crippen LogP contribution in [-0.2, 0) is 6.42 Å². The number of aromatic nitrogens is 2. The van der Waals surface area contributed by atoms with Gasteiger partial charge >= 0.3 is 0 Å². The summed E-state index contributed by atoms with van der Waals surface area (Å²) in [7, 11) is 0. The highest BCUT2D eigenvalue weighted by Crippen LogP contribution is 2.30. The Kier molecular flexibility index (Phi) is 5.96. The predicted octanol–water partition coefficient (Wildman–Crippen LogP) is 5.27. The number of carbonyl (C=O) groups excluding carboxylic acids is 1. The van der Waals surface area contributed by atoms with Crippen molar-refractivity contribution in [3.8, 4) is 5.69 Å². The Hall–Kier alpha value is -1.54. The van der Waals surface area contributed by atoms with E-state index in [1.165, 1.54) is 11.8 Å². The molecule has 2 aromatic carbocycles. The second-order valence-corrected chi connectivity index (χ2v) is 9.50. The summed E-state index contributed by atoms with van der Waals surface area (Å²) in [5.41, 5.74) is 2.07. The van der Waals surface area contributed by atoms with Crippen molar-refractivity contribution in [2.45, 2.75) is 16.5 Å². The molecule has 4 nitrogen and oxygen atoms in total. The molecule has 1 aliphatic rings. The smallest absolute Gasteiger partial charge is 0.272 e. The van der Waals surface area contributed by atoms with Crippen LogP contribution in [0.5, 0.6) is 0 Å². The number of hydrogen-bond acceptors (Lipinski definition) is 5. The molecular formula is C20H14BrClN2O2S2. The van der Waals surface area contributed by atoms with Crippen molar-refractivity contribution in [2.24, 2.45) is 0 Å². The van der Waals surface area contributed by atoms with Crippen molar-refractivity contribution in [3.63, 3.8) is 0 Å². The highest BCUT2D eigenvalue weighted by atomic mass is 79.9. The Labute approximate surface area is 183 Å². The van der Waals surface area contributed by atoms with Gasteiger partial charge in [0.15, 0.2) is 10.9 Å². The Morgan fingerprint density at radius 3 is 2.61 bits per heavy atom. The molecule has 0 saturated heterocycles. The Bertz CT molecular complexity index is 1100. The van der Waals surface area contributed by atoms with Crippen molar-refractivity contribution >= 4 is 56.8 Å². The maximum absolute atomic E-state index is 13.1. The topological polar surface area (TPSA) is 52.0 Å². The molecule has 0 atom stereocenters. The van der Waals surface area contributed by atoms with Crippen LogP contribution in [0.2, 0.25) is 5.02 Å². The fourth-order valence-electron chi connectivity index (χ4n) is 2.86. The fourth-order valence-corrected chi connectivity index (χ4v) is 5.19.